The molecule has 162 valence electrons. The predicted molar refractivity (Wildman–Crippen MR) is 119 cm³/mol. The molecule has 4 rings (SSSR count). The van der Waals surface area contributed by atoms with Crippen LogP contribution >= 0.6 is 11.3 Å². The number of hydrogen-bond acceptors (Lipinski definition) is 4. The molecule has 3 aromatic rings. The van der Waals surface area contributed by atoms with E-state index in [1.54, 1.807) is 11.3 Å². The van der Waals surface area contributed by atoms with Gasteiger partial charge in [-0.25, -0.2) is 12.8 Å². The molecular formula is C23H23FN2O3S2. The highest BCUT2D eigenvalue weighted by Gasteiger charge is 2.33. The van der Waals surface area contributed by atoms with E-state index in [0.717, 1.165) is 22.6 Å². The van der Waals surface area contributed by atoms with E-state index in [1.807, 2.05) is 47.8 Å². The lowest BCUT2D eigenvalue weighted by Crippen LogP contribution is -2.43. The Balaban J connectivity index is 1.42. The van der Waals surface area contributed by atoms with Gasteiger partial charge in [-0.3, -0.25) is 4.79 Å². The summed E-state index contributed by atoms with van der Waals surface area (Å²) in [5.74, 6) is -0.806. The third kappa shape index (κ3) is 4.87. The van der Waals surface area contributed by atoms with Gasteiger partial charge in [-0.1, -0.05) is 36.4 Å². The molecule has 31 heavy (non-hydrogen) atoms. The molecular weight excluding hydrogens is 435 g/mol. The minimum atomic E-state index is -3.69. The number of amides is 1. The Kier molecular flexibility index (Phi) is 6.50. The van der Waals surface area contributed by atoms with Crippen LogP contribution in [0.4, 0.5) is 4.39 Å². The topological polar surface area (TPSA) is 66.5 Å². The van der Waals surface area contributed by atoms with E-state index in [1.165, 1.54) is 16.4 Å². The molecule has 5 nitrogen and oxygen atoms in total. The zero-order chi connectivity index (χ0) is 21.8. The Labute approximate surface area is 185 Å². The second-order valence-corrected chi connectivity index (χ2v) is 10.4. The first kappa shape index (κ1) is 21.7. The van der Waals surface area contributed by atoms with Crippen molar-refractivity contribution in [3.63, 3.8) is 0 Å². The van der Waals surface area contributed by atoms with E-state index in [-0.39, 0.29) is 35.9 Å². The van der Waals surface area contributed by atoms with E-state index in [9.17, 15) is 17.6 Å². The number of nitrogens with one attached hydrogen (secondary N) is 1. The standard InChI is InChI=1S/C23H23FN2O3S2/c24-19-8-10-20(11-9-19)31(28,29)26-14-12-18(13-15-26)23(27)25-22(21-7-4-16-30-21)17-5-2-1-3-6-17/h1-11,16,18,22H,12-15H2,(H,25,27). The van der Waals surface area contributed by atoms with Gasteiger partial charge >= 0.3 is 0 Å². The number of nitrogens with zero attached hydrogens (tertiary/aromatic N) is 1. The predicted octanol–water partition coefficient (Wildman–Crippen LogP) is 4.19. The quantitative estimate of drug-likeness (QED) is 0.602. The number of piperidine rings is 1. The van der Waals surface area contributed by atoms with Crippen molar-refractivity contribution in [3.8, 4) is 0 Å². The summed E-state index contributed by atoms with van der Waals surface area (Å²) < 4.78 is 40.1. The van der Waals surface area contributed by atoms with Crippen molar-refractivity contribution in [2.45, 2.75) is 23.8 Å². The van der Waals surface area contributed by atoms with Crippen LogP contribution in [0.1, 0.15) is 29.3 Å². The largest absolute Gasteiger partial charge is 0.344 e. The highest BCUT2D eigenvalue weighted by molar-refractivity contribution is 7.89. The Morgan fingerprint density at radius 2 is 1.68 bits per heavy atom. The summed E-state index contributed by atoms with van der Waals surface area (Å²) in [6.07, 6.45) is 0.885. The van der Waals surface area contributed by atoms with Crippen LogP contribution in [0.2, 0.25) is 0 Å². The molecule has 2 aromatic carbocycles. The third-order valence-electron chi connectivity index (χ3n) is 5.52. The van der Waals surface area contributed by atoms with Gasteiger partial charge in [0.2, 0.25) is 15.9 Å². The zero-order valence-electron chi connectivity index (χ0n) is 16.8. The smallest absolute Gasteiger partial charge is 0.243 e. The van der Waals surface area contributed by atoms with Crippen molar-refractivity contribution in [1.29, 1.82) is 0 Å². The molecule has 8 heteroatoms. The van der Waals surface area contributed by atoms with Gasteiger partial charge in [0.1, 0.15) is 5.82 Å². The molecule has 0 saturated carbocycles. The van der Waals surface area contributed by atoms with Gasteiger partial charge in [-0.05, 0) is 54.1 Å². The van der Waals surface area contributed by atoms with E-state index < -0.39 is 15.8 Å². The Bertz CT molecular complexity index is 1110. The van der Waals surface area contributed by atoms with E-state index in [0.29, 0.717) is 12.8 Å². The van der Waals surface area contributed by atoms with Gasteiger partial charge in [0.05, 0.1) is 10.9 Å². The van der Waals surface area contributed by atoms with Crippen LogP contribution in [0.15, 0.2) is 77.0 Å². The molecule has 1 aliphatic heterocycles. The highest BCUT2D eigenvalue weighted by Crippen LogP contribution is 2.28. The third-order valence-corrected chi connectivity index (χ3v) is 8.37. The molecule has 1 N–H and O–H groups in total. The normalized spacial score (nSPS) is 16.7. The lowest BCUT2D eigenvalue weighted by Gasteiger charge is -2.31. The van der Waals surface area contributed by atoms with Crippen LogP contribution in [-0.4, -0.2) is 31.7 Å². The number of carbonyl (C=O) groups excluding carboxylic acids is 1. The van der Waals surface area contributed by atoms with Crippen molar-refractivity contribution < 1.29 is 17.6 Å². The fourth-order valence-corrected chi connectivity index (χ4v) is 6.07. The second kappa shape index (κ2) is 9.30. The van der Waals surface area contributed by atoms with Gasteiger partial charge in [-0.2, -0.15) is 4.31 Å². The van der Waals surface area contributed by atoms with Crippen molar-refractivity contribution in [2.24, 2.45) is 5.92 Å². The van der Waals surface area contributed by atoms with E-state index >= 15 is 0 Å². The maximum atomic E-state index is 13.1. The SMILES string of the molecule is O=C(NC(c1ccccc1)c1cccs1)C1CCN(S(=O)(=O)c2ccc(F)cc2)CC1. The number of rotatable bonds is 6. The summed E-state index contributed by atoms with van der Waals surface area (Å²) in [6.45, 7) is 0.513. The molecule has 0 aliphatic carbocycles. The van der Waals surface area contributed by atoms with Crippen molar-refractivity contribution in [3.05, 3.63) is 88.4 Å². The Morgan fingerprint density at radius 3 is 2.29 bits per heavy atom. The second-order valence-electron chi connectivity index (χ2n) is 7.50. The lowest BCUT2D eigenvalue weighted by molar-refractivity contribution is -0.126. The molecule has 1 amide bonds. The number of hydrogen-bond donors (Lipinski definition) is 1. The summed E-state index contributed by atoms with van der Waals surface area (Å²) in [7, 11) is -3.69. The molecule has 0 bridgehead atoms. The van der Waals surface area contributed by atoms with Gasteiger partial charge < -0.3 is 5.32 Å². The van der Waals surface area contributed by atoms with Crippen molar-refractivity contribution in [2.75, 3.05) is 13.1 Å². The van der Waals surface area contributed by atoms with Crippen molar-refractivity contribution in [1.82, 2.24) is 9.62 Å². The molecule has 0 spiro atoms. The molecule has 2 heterocycles. The van der Waals surface area contributed by atoms with E-state index in [2.05, 4.69) is 5.32 Å². The molecule has 1 fully saturated rings. The van der Waals surface area contributed by atoms with Crippen LogP contribution in [0, 0.1) is 11.7 Å². The van der Waals surface area contributed by atoms with Crippen LogP contribution in [-0.2, 0) is 14.8 Å². The maximum absolute atomic E-state index is 13.1. The molecule has 1 aliphatic rings. The summed E-state index contributed by atoms with van der Waals surface area (Å²) in [4.78, 5) is 14.1. The summed E-state index contributed by atoms with van der Waals surface area (Å²) in [5, 5.41) is 5.14. The Hall–Kier alpha value is -2.55. The van der Waals surface area contributed by atoms with E-state index in [4.69, 9.17) is 0 Å². The summed E-state index contributed by atoms with van der Waals surface area (Å²) in [5.41, 5.74) is 1.01. The molecule has 1 unspecified atom stereocenters. The number of halogens is 1. The van der Waals surface area contributed by atoms with Gasteiger partial charge in [-0.15, -0.1) is 11.3 Å². The zero-order valence-corrected chi connectivity index (χ0v) is 18.4. The van der Waals surface area contributed by atoms with Gasteiger partial charge in [0, 0.05) is 23.9 Å². The van der Waals surface area contributed by atoms with Gasteiger partial charge in [0.15, 0.2) is 0 Å². The fourth-order valence-electron chi connectivity index (χ4n) is 3.79. The Morgan fingerprint density at radius 1 is 1.00 bits per heavy atom. The van der Waals surface area contributed by atoms with Crippen LogP contribution < -0.4 is 5.32 Å². The molecule has 1 atom stereocenters. The minimum absolute atomic E-state index is 0.0682. The summed E-state index contributed by atoms with van der Waals surface area (Å²) >= 11 is 1.59. The maximum Gasteiger partial charge on any atom is 0.243 e. The fraction of sp³-hybridized carbons (Fsp3) is 0.261. The average Bonchev–Trinajstić information content (AvgIpc) is 3.33. The minimum Gasteiger partial charge on any atom is -0.344 e. The van der Waals surface area contributed by atoms with Gasteiger partial charge in [0.25, 0.3) is 0 Å². The molecule has 1 saturated heterocycles. The lowest BCUT2D eigenvalue weighted by atomic mass is 9.96. The number of benzene rings is 2. The van der Waals surface area contributed by atoms with Crippen LogP contribution in [0.3, 0.4) is 0 Å². The number of carbonyl (C=O) groups is 1. The van der Waals surface area contributed by atoms with Crippen LogP contribution in [0.25, 0.3) is 0 Å². The first-order valence-electron chi connectivity index (χ1n) is 10.1. The van der Waals surface area contributed by atoms with Crippen molar-refractivity contribution >= 4 is 27.3 Å². The first-order chi connectivity index (χ1) is 14.9. The molecule has 1 aromatic heterocycles. The molecule has 0 radical (unpaired) electrons. The summed E-state index contributed by atoms with van der Waals surface area (Å²) in [6, 6.07) is 18.4. The number of thiophene rings is 1. The number of sulfonamides is 1. The highest BCUT2D eigenvalue weighted by atomic mass is 32.2. The average molecular weight is 459 g/mol. The first-order valence-corrected chi connectivity index (χ1v) is 12.4. The van der Waals surface area contributed by atoms with Crippen LogP contribution in [0.5, 0.6) is 0 Å². The monoisotopic (exact) mass is 458 g/mol.